The SMILES string of the molecule is C[C@H]1Cc2ccc(Cl)cc2[C@@H]1c1ccccc1. The van der Waals surface area contributed by atoms with Gasteiger partial charge in [-0.1, -0.05) is 54.9 Å². The van der Waals surface area contributed by atoms with E-state index in [2.05, 4.69) is 49.4 Å². The molecule has 0 bridgehead atoms. The second kappa shape index (κ2) is 4.19. The molecule has 86 valence electrons. The summed E-state index contributed by atoms with van der Waals surface area (Å²) in [5.41, 5.74) is 4.27. The van der Waals surface area contributed by atoms with E-state index in [1.54, 1.807) is 0 Å². The van der Waals surface area contributed by atoms with Gasteiger partial charge in [-0.3, -0.25) is 0 Å². The van der Waals surface area contributed by atoms with Crippen LogP contribution in [0.2, 0.25) is 5.02 Å². The summed E-state index contributed by atoms with van der Waals surface area (Å²) in [7, 11) is 0. The van der Waals surface area contributed by atoms with Crippen molar-refractivity contribution in [2.75, 3.05) is 0 Å². The average Bonchev–Trinajstić information content (AvgIpc) is 2.65. The van der Waals surface area contributed by atoms with Crippen molar-refractivity contribution in [2.45, 2.75) is 19.3 Å². The molecule has 3 rings (SSSR count). The lowest BCUT2D eigenvalue weighted by Crippen LogP contribution is -2.05. The van der Waals surface area contributed by atoms with Crippen LogP contribution in [0.25, 0.3) is 0 Å². The molecule has 1 aliphatic carbocycles. The molecule has 0 aromatic heterocycles. The molecule has 0 nitrogen and oxygen atoms in total. The standard InChI is InChI=1S/C16H15Cl/c1-11-9-13-7-8-14(17)10-15(13)16(11)12-5-3-2-4-6-12/h2-8,10-11,16H,9H2,1H3/t11-,16-/m0/s1. The van der Waals surface area contributed by atoms with Gasteiger partial charge >= 0.3 is 0 Å². The van der Waals surface area contributed by atoms with E-state index in [-0.39, 0.29) is 0 Å². The Hall–Kier alpha value is -1.27. The van der Waals surface area contributed by atoms with Gasteiger partial charge in [-0.15, -0.1) is 0 Å². The smallest absolute Gasteiger partial charge is 0.0409 e. The maximum atomic E-state index is 6.12. The van der Waals surface area contributed by atoms with Crippen LogP contribution in [-0.2, 0) is 6.42 Å². The average molecular weight is 243 g/mol. The number of hydrogen-bond acceptors (Lipinski definition) is 0. The lowest BCUT2D eigenvalue weighted by Gasteiger charge is -2.17. The molecule has 1 aliphatic rings. The quantitative estimate of drug-likeness (QED) is 0.682. The van der Waals surface area contributed by atoms with Crippen molar-refractivity contribution >= 4 is 11.6 Å². The summed E-state index contributed by atoms with van der Waals surface area (Å²) >= 11 is 6.12. The molecule has 0 radical (unpaired) electrons. The lowest BCUT2D eigenvalue weighted by molar-refractivity contribution is 0.557. The van der Waals surface area contributed by atoms with Crippen molar-refractivity contribution in [1.29, 1.82) is 0 Å². The summed E-state index contributed by atoms with van der Waals surface area (Å²) in [4.78, 5) is 0. The van der Waals surface area contributed by atoms with Crippen LogP contribution in [-0.4, -0.2) is 0 Å². The second-order valence-corrected chi connectivity index (χ2v) is 5.35. The Morgan fingerprint density at radius 3 is 2.59 bits per heavy atom. The summed E-state index contributed by atoms with van der Waals surface area (Å²) in [6.07, 6.45) is 1.16. The summed E-state index contributed by atoms with van der Waals surface area (Å²) in [6, 6.07) is 17.1. The molecule has 0 saturated carbocycles. The molecule has 2 aromatic carbocycles. The number of fused-ring (bicyclic) bond motifs is 1. The van der Waals surface area contributed by atoms with E-state index in [1.165, 1.54) is 16.7 Å². The van der Waals surface area contributed by atoms with Crippen LogP contribution in [0.3, 0.4) is 0 Å². The molecular weight excluding hydrogens is 228 g/mol. The van der Waals surface area contributed by atoms with E-state index in [4.69, 9.17) is 11.6 Å². The fourth-order valence-corrected chi connectivity index (χ4v) is 3.16. The zero-order valence-corrected chi connectivity index (χ0v) is 10.6. The maximum Gasteiger partial charge on any atom is 0.0409 e. The van der Waals surface area contributed by atoms with E-state index in [0.29, 0.717) is 11.8 Å². The summed E-state index contributed by atoms with van der Waals surface area (Å²) in [5, 5.41) is 0.846. The van der Waals surface area contributed by atoms with Gasteiger partial charge in [0.15, 0.2) is 0 Å². The van der Waals surface area contributed by atoms with Crippen LogP contribution >= 0.6 is 11.6 Å². The topological polar surface area (TPSA) is 0 Å². The highest BCUT2D eigenvalue weighted by Crippen LogP contribution is 2.42. The van der Waals surface area contributed by atoms with Gasteiger partial charge in [-0.2, -0.15) is 0 Å². The van der Waals surface area contributed by atoms with Crippen LogP contribution in [0.5, 0.6) is 0 Å². The Labute approximate surface area is 107 Å². The second-order valence-electron chi connectivity index (χ2n) is 4.91. The minimum Gasteiger partial charge on any atom is -0.0843 e. The molecule has 0 unspecified atom stereocenters. The summed E-state index contributed by atoms with van der Waals surface area (Å²) in [5.74, 6) is 1.16. The monoisotopic (exact) mass is 242 g/mol. The van der Waals surface area contributed by atoms with E-state index in [1.807, 2.05) is 6.07 Å². The molecule has 0 saturated heterocycles. The lowest BCUT2D eigenvalue weighted by atomic mass is 9.87. The zero-order chi connectivity index (χ0) is 11.8. The van der Waals surface area contributed by atoms with Gasteiger partial charge in [-0.05, 0) is 41.2 Å². The predicted octanol–water partition coefficient (Wildman–Crippen LogP) is 4.66. The van der Waals surface area contributed by atoms with Gasteiger partial charge in [0, 0.05) is 10.9 Å². The Morgan fingerprint density at radius 1 is 1.06 bits per heavy atom. The highest BCUT2D eigenvalue weighted by Gasteiger charge is 2.30. The number of hydrogen-bond donors (Lipinski definition) is 0. The van der Waals surface area contributed by atoms with Gasteiger partial charge in [-0.25, -0.2) is 0 Å². The predicted molar refractivity (Wildman–Crippen MR) is 72.6 cm³/mol. The van der Waals surface area contributed by atoms with Crippen molar-refractivity contribution in [3.63, 3.8) is 0 Å². The number of benzene rings is 2. The largest absolute Gasteiger partial charge is 0.0843 e. The Balaban J connectivity index is 2.11. The van der Waals surface area contributed by atoms with Crippen LogP contribution in [0.4, 0.5) is 0 Å². The van der Waals surface area contributed by atoms with Crippen molar-refractivity contribution in [3.05, 3.63) is 70.2 Å². The highest BCUT2D eigenvalue weighted by atomic mass is 35.5. The first-order valence-corrected chi connectivity index (χ1v) is 6.47. The van der Waals surface area contributed by atoms with Crippen molar-refractivity contribution < 1.29 is 0 Å². The van der Waals surface area contributed by atoms with Crippen molar-refractivity contribution in [3.8, 4) is 0 Å². The van der Waals surface area contributed by atoms with Gasteiger partial charge in [0.25, 0.3) is 0 Å². The Morgan fingerprint density at radius 2 is 1.82 bits per heavy atom. The molecule has 1 heteroatoms. The molecule has 2 aromatic rings. The van der Waals surface area contributed by atoms with Gasteiger partial charge in [0.05, 0.1) is 0 Å². The first-order valence-electron chi connectivity index (χ1n) is 6.09. The summed E-state index contributed by atoms with van der Waals surface area (Å²) in [6.45, 7) is 2.32. The number of halogens is 1. The molecule has 2 atom stereocenters. The molecule has 0 aliphatic heterocycles. The fraction of sp³-hybridized carbons (Fsp3) is 0.250. The number of rotatable bonds is 1. The van der Waals surface area contributed by atoms with E-state index >= 15 is 0 Å². The van der Waals surface area contributed by atoms with E-state index in [9.17, 15) is 0 Å². The molecule has 0 spiro atoms. The van der Waals surface area contributed by atoms with E-state index in [0.717, 1.165) is 11.4 Å². The highest BCUT2D eigenvalue weighted by molar-refractivity contribution is 6.30. The van der Waals surface area contributed by atoms with Crippen molar-refractivity contribution in [2.24, 2.45) is 5.92 Å². The molecule has 17 heavy (non-hydrogen) atoms. The van der Waals surface area contributed by atoms with Crippen LogP contribution < -0.4 is 0 Å². The van der Waals surface area contributed by atoms with Gasteiger partial charge in [0.2, 0.25) is 0 Å². The third kappa shape index (κ3) is 1.87. The van der Waals surface area contributed by atoms with Crippen LogP contribution in [0.15, 0.2) is 48.5 Å². The normalized spacial score (nSPS) is 22.5. The van der Waals surface area contributed by atoms with Crippen LogP contribution in [0, 0.1) is 5.92 Å². The van der Waals surface area contributed by atoms with Gasteiger partial charge < -0.3 is 0 Å². The Kier molecular flexibility index (Phi) is 2.68. The maximum absolute atomic E-state index is 6.12. The first-order chi connectivity index (χ1) is 8.25. The molecular formula is C16H15Cl. The minimum atomic E-state index is 0.505. The molecule has 0 fully saturated rings. The fourth-order valence-electron chi connectivity index (χ4n) is 2.98. The third-order valence-electron chi connectivity index (χ3n) is 3.71. The van der Waals surface area contributed by atoms with Gasteiger partial charge in [0.1, 0.15) is 0 Å². The third-order valence-corrected chi connectivity index (χ3v) is 3.95. The first kappa shape index (κ1) is 10.9. The summed E-state index contributed by atoms with van der Waals surface area (Å²) < 4.78 is 0. The zero-order valence-electron chi connectivity index (χ0n) is 9.86. The molecule has 0 heterocycles. The van der Waals surface area contributed by atoms with Crippen LogP contribution in [0.1, 0.15) is 29.5 Å². The molecule has 0 amide bonds. The van der Waals surface area contributed by atoms with Crippen molar-refractivity contribution in [1.82, 2.24) is 0 Å². The Bertz CT molecular complexity index is 530. The van der Waals surface area contributed by atoms with E-state index < -0.39 is 0 Å². The minimum absolute atomic E-state index is 0.505. The molecule has 0 N–H and O–H groups in total.